The molecule has 4 aromatic carbocycles. The van der Waals surface area contributed by atoms with Crippen molar-refractivity contribution in [3.8, 4) is 22.6 Å². The van der Waals surface area contributed by atoms with Crippen LogP contribution >= 0.6 is 11.6 Å². The second-order valence-electron chi connectivity index (χ2n) is 19.9. The van der Waals surface area contributed by atoms with Gasteiger partial charge in [-0.05, 0) is 95.5 Å². The first-order valence-electron chi connectivity index (χ1n) is 24.2. The van der Waals surface area contributed by atoms with Crippen LogP contribution in [0.25, 0.3) is 32.8 Å². The summed E-state index contributed by atoms with van der Waals surface area (Å²) in [6.45, 7) is 11.8. The first-order chi connectivity index (χ1) is 34.0. The number of imide groups is 2. The SMILES string of the molecule is Cc1nn(C)c(C)c1-c1c(Cl)ccc2c(CCCOc3cccc4ccccc34)c(C(=O)OC(C)(C)C)n(CCN3CC4CC(C3)N4C(=O)COc3cccc4c3C(=O)N(C3CCC(=O)NC3=O)C4=O)c12. The maximum absolute atomic E-state index is 14.7. The van der Waals surface area contributed by atoms with Crippen molar-refractivity contribution in [3.05, 3.63) is 112 Å². The summed E-state index contributed by atoms with van der Waals surface area (Å²) in [6, 6.07) is 21.3. The standard InChI is InChI=1S/C54H56ClN7O9/c1-30-45(31(2)58(6)57-30)47-39(55)20-19-37-36(16-11-25-69-41-17-9-13-32-12-7-8-14-35(32)41)49(53(68)71-54(3,4)5)60(48(37)47)24-23-59-27-33-26-34(28-59)61(33)44(64)29-70-42-18-10-15-38-46(42)52(67)62(51(38)66)40-21-22-43(63)56-50(40)65/h7-10,12-15,17-20,33-34,40H,11,16,21-29H2,1-6H3,(H,56,63,65). The molecule has 1 N–H and O–H groups in total. The van der Waals surface area contributed by atoms with Crippen molar-refractivity contribution >= 4 is 68.8 Å². The van der Waals surface area contributed by atoms with E-state index in [1.165, 1.54) is 12.1 Å². The van der Waals surface area contributed by atoms with E-state index in [-0.39, 0.29) is 54.3 Å². The molecule has 3 atom stereocenters. The lowest BCUT2D eigenvalue weighted by molar-refractivity contribution is -0.156. The van der Waals surface area contributed by atoms with Gasteiger partial charge in [-0.1, -0.05) is 60.1 Å². The maximum Gasteiger partial charge on any atom is 0.355 e. The summed E-state index contributed by atoms with van der Waals surface area (Å²) >= 11 is 7.22. The lowest BCUT2D eigenvalue weighted by Gasteiger charge is -2.56. The highest BCUT2D eigenvalue weighted by Crippen LogP contribution is 2.43. The van der Waals surface area contributed by atoms with Gasteiger partial charge in [0, 0.05) is 79.3 Å². The number of esters is 1. The molecule has 4 fully saturated rings. The van der Waals surface area contributed by atoms with Gasteiger partial charge in [-0.2, -0.15) is 5.10 Å². The van der Waals surface area contributed by atoms with Gasteiger partial charge in [-0.3, -0.25) is 43.8 Å². The average molecular weight is 983 g/mol. The summed E-state index contributed by atoms with van der Waals surface area (Å²) < 4.78 is 22.5. The quantitative estimate of drug-likeness (QED) is 0.0665. The Kier molecular flexibility index (Phi) is 12.5. The fourth-order valence-electron chi connectivity index (χ4n) is 11.0. The molecule has 11 rings (SSSR count). The fraction of sp³-hybridized carbons (Fsp3) is 0.389. The number of fused-ring (bicyclic) bond motifs is 5. The highest BCUT2D eigenvalue weighted by atomic mass is 35.5. The molecule has 2 bridgehead atoms. The number of aryl methyl sites for hydroxylation is 3. The van der Waals surface area contributed by atoms with Gasteiger partial charge in [-0.25, -0.2) is 4.79 Å². The van der Waals surface area contributed by atoms with Crippen LogP contribution in [0.4, 0.5) is 0 Å². The molecule has 17 heteroatoms. The zero-order valence-electron chi connectivity index (χ0n) is 40.7. The van der Waals surface area contributed by atoms with Crippen LogP contribution in [0.5, 0.6) is 11.5 Å². The highest BCUT2D eigenvalue weighted by molar-refractivity contribution is 6.35. The number of aromatic nitrogens is 3. The summed E-state index contributed by atoms with van der Waals surface area (Å²) in [6.07, 6.45) is 1.98. The summed E-state index contributed by atoms with van der Waals surface area (Å²) in [5.74, 6) is -2.33. The van der Waals surface area contributed by atoms with Gasteiger partial charge in [0.2, 0.25) is 11.8 Å². The van der Waals surface area contributed by atoms with Gasteiger partial charge >= 0.3 is 5.97 Å². The number of carbonyl (C=O) groups excluding carboxylic acids is 6. The maximum atomic E-state index is 14.7. The predicted octanol–water partition coefficient (Wildman–Crippen LogP) is 7.20. The Morgan fingerprint density at radius 3 is 2.30 bits per heavy atom. The minimum Gasteiger partial charge on any atom is -0.493 e. The van der Waals surface area contributed by atoms with Gasteiger partial charge in [0.05, 0.1) is 34.0 Å². The third kappa shape index (κ3) is 8.70. The molecule has 4 saturated heterocycles. The van der Waals surface area contributed by atoms with E-state index in [0.717, 1.165) is 66.8 Å². The van der Waals surface area contributed by atoms with E-state index < -0.39 is 41.2 Å². The second-order valence-corrected chi connectivity index (χ2v) is 20.3. The summed E-state index contributed by atoms with van der Waals surface area (Å²) in [5, 5.41) is 10.5. The minimum atomic E-state index is -1.12. The van der Waals surface area contributed by atoms with Crippen LogP contribution in [0.1, 0.15) is 94.6 Å². The molecule has 7 heterocycles. The van der Waals surface area contributed by atoms with E-state index in [1.54, 1.807) is 6.07 Å². The van der Waals surface area contributed by atoms with Crippen molar-refractivity contribution in [2.24, 2.45) is 7.05 Å². The van der Waals surface area contributed by atoms with E-state index in [1.807, 2.05) is 87.6 Å². The van der Waals surface area contributed by atoms with Crippen molar-refractivity contribution in [3.63, 3.8) is 0 Å². The number of nitrogens with one attached hydrogen (secondary N) is 1. The Labute approximate surface area is 415 Å². The minimum absolute atomic E-state index is 0.000361. The number of ether oxygens (including phenoxy) is 3. The van der Waals surface area contributed by atoms with Crippen molar-refractivity contribution in [2.45, 2.75) is 97.0 Å². The Morgan fingerprint density at radius 2 is 1.56 bits per heavy atom. The van der Waals surface area contributed by atoms with Crippen molar-refractivity contribution < 1.29 is 43.0 Å². The van der Waals surface area contributed by atoms with Gasteiger partial charge in [0.15, 0.2) is 6.61 Å². The fourth-order valence-corrected chi connectivity index (χ4v) is 11.2. The van der Waals surface area contributed by atoms with Crippen molar-refractivity contribution in [1.82, 2.24) is 34.4 Å². The molecule has 5 aliphatic heterocycles. The molecule has 0 radical (unpaired) electrons. The molecular formula is C54H56ClN7O9. The normalized spacial score (nSPS) is 19.1. The van der Waals surface area contributed by atoms with E-state index in [4.69, 9.17) is 30.9 Å². The number of piperidine rings is 2. The highest BCUT2D eigenvalue weighted by Gasteiger charge is 2.48. The molecule has 3 unspecified atom stereocenters. The van der Waals surface area contributed by atoms with Gasteiger partial charge in [0.25, 0.3) is 17.7 Å². The summed E-state index contributed by atoms with van der Waals surface area (Å²) in [7, 11) is 1.91. The Bertz CT molecular complexity index is 3190. The molecule has 0 aliphatic carbocycles. The van der Waals surface area contributed by atoms with Crippen LogP contribution in [0.3, 0.4) is 0 Å². The van der Waals surface area contributed by atoms with E-state index in [9.17, 15) is 28.8 Å². The zero-order chi connectivity index (χ0) is 50.0. The molecule has 71 heavy (non-hydrogen) atoms. The van der Waals surface area contributed by atoms with Crippen LogP contribution < -0.4 is 14.8 Å². The molecule has 0 saturated carbocycles. The monoisotopic (exact) mass is 981 g/mol. The topological polar surface area (TPSA) is 175 Å². The molecule has 368 valence electrons. The average Bonchev–Trinajstić information content (AvgIpc) is 3.88. The number of amides is 5. The van der Waals surface area contributed by atoms with Gasteiger partial charge < -0.3 is 23.7 Å². The molecule has 5 aliphatic rings. The van der Waals surface area contributed by atoms with Crippen molar-refractivity contribution in [1.29, 1.82) is 0 Å². The van der Waals surface area contributed by atoms with Crippen LogP contribution in [-0.4, -0.2) is 121 Å². The number of halogens is 1. The first-order valence-corrected chi connectivity index (χ1v) is 24.6. The number of benzene rings is 4. The number of hydrogen-bond donors (Lipinski definition) is 1. The molecular weight excluding hydrogens is 926 g/mol. The smallest absolute Gasteiger partial charge is 0.355 e. The Balaban J connectivity index is 0.891. The first kappa shape index (κ1) is 47.6. The van der Waals surface area contributed by atoms with E-state index in [2.05, 4.69) is 33.0 Å². The Hall–Kier alpha value is -7.04. The zero-order valence-corrected chi connectivity index (χ0v) is 41.4. The molecule has 16 nitrogen and oxygen atoms in total. The number of piperazine rings is 1. The largest absolute Gasteiger partial charge is 0.493 e. The number of nitrogens with zero attached hydrogens (tertiary/aromatic N) is 6. The Morgan fingerprint density at radius 1 is 0.831 bits per heavy atom. The van der Waals surface area contributed by atoms with Crippen LogP contribution in [-0.2, 0) is 39.1 Å². The second kappa shape index (κ2) is 18.6. The lowest BCUT2D eigenvalue weighted by Crippen LogP contribution is -2.70. The van der Waals surface area contributed by atoms with Gasteiger partial charge in [0.1, 0.15) is 28.8 Å². The third-order valence-electron chi connectivity index (χ3n) is 14.2. The molecule has 2 aromatic heterocycles. The van der Waals surface area contributed by atoms with E-state index in [0.29, 0.717) is 56.3 Å². The van der Waals surface area contributed by atoms with E-state index >= 15 is 0 Å². The summed E-state index contributed by atoms with van der Waals surface area (Å²) in [5.41, 5.74) is 4.88. The van der Waals surface area contributed by atoms with Gasteiger partial charge in [-0.15, -0.1) is 0 Å². The number of rotatable bonds is 14. The molecule has 0 spiro atoms. The van der Waals surface area contributed by atoms with Crippen LogP contribution in [0, 0.1) is 13.8 Å². The van der Waals surface area contributed by atoms with Crippen LogP contribution in [0.15, 0.2) is 72.8 Å². The predicted molar refractivity (Wildman–Crippen MR) is 266 cm³/mol. The lowest BCUT2D eigenvalue weighted by atomic mass is 9.87. The van der Waals surface area contributed by atoms with Crippen molar-refractivity contribution in [2.75, 3.05) is 32.8 Å². The number of carbonyl (C=O) groups is 6. The third-order valence-corrected chi connectivity index (χ3v) is 14.5. The summed E-state index contributed by atoms with van der Waals surface area (Å²) in [4.78, 5) is 85.0. The number of hydrogen-bond acceptors (Lipinski definition) is 11. The van der Waals surface area contributed by atoms with Crippen LogP contribution in [0.2, 0.25) is 5.02 Å². The molecule has 5 amide bonds. The molecule has 6 aromatic rings.